The zero-order valence-corrected chi connectivity index (χ0v) is 60.5. The van der Waals surface area contributed by atoms with Crippen LogP contribution in [0.2, 0.25) is 0 Å². The van der Waals surface area contributed by atoms with Crippen LogP contribution in [0.15, 0.2) is 32.8 Å². The fourth-order valence-corrected chi connectivity index (χ4v) is 25.2. The Hall–Kier alpha value is -1.02. The molecule has 1 N–H and O–H groups in total. The van der Waals surface area contributed by atoms with E-state index < -0.39 is 0 Å². The first kappa shape index (κ1) is 70.8. The summed E-state index contributed by atoms with van der Waals surface area (Å²) in [5, 5.41) is 10.1. The van der Waals surface area contributed by atoms with Crippen molar-refractivity contribution in [2.24, 2.45) is 145 Å². The van der Waals surface area contributed by atoms with Crippen molar-refractivity contribution in [3.05, 3.63) is 32.8 Å². The third-order valence-corrected chi connectivity index (χ3v) is 29.4. The number of methoxy groups -OCH3 is 1. The first-order chi connectivity index (χ1) is 40.8. The molecule has 0 aliphatic heterocycles. The average Bonchev–Trinajstić information content (AvgIpc) is 1.48. The highest BCUT2D eigenvalue weighted by Crippen LogP contribution is 2.82. The van der Waals surface area contributed by atoms with Gasteiger partial charge in [0.1, 0.15) is 8.98 Å². The van der Waals surface area contributed by atoms with Crippen molar-refractivity contribution >= 4 is 46.4 Å². The molecule has 0 aromatic heterocycles. The minimum Gasteiger partial charge on any atom is -0.393 e. The third-order valence-electron chi connectivity index (χ3n) is 28.9. The van der Waals surface area contributed by atoms with E-state index in [1.807, 2.05) is 34.0 Å². The van der Waals surface area contributed by atoms with Gasteiger partial charge in [0.25, 0.3) is 0 Å². The van der Waals surface area contributed by atoms with Gasteiger partial charge in [-0.2, -0.15) is 0 Å². The fourth-order valence-electron chi connectivity index (χ4n) is 24.4. The van der Waals surface area contributed by atoms with Gasteiger partial charge in [0.2, 0.25) is 0 Å². The number of fused-ring (bicyclic) bond motifs is 9. The minimum absolute atomic E-state index is 0.0888. The summed E-state index contributed by atoms with van der Waals surface area (Å²) in [6.45, 7) is 34.8. The molecule has 0 radical (unpaired) electrons. The van der Waals surface area contributed by atoms with Gasteiger partial charge in [0, 0.05) is 30.3 Å². The van der Waals surface area contributed by atoms with Crippen molar-refractivity contribution in [1.29, 1.82) is 0 Å². The molecule has 0 saturated heterocycles. The van der Waals surface area contributed by atoms with Crippen LogP contribution in [0.25, 0.3) is 0 Å². The average molecular weight is 1260 g/mol. The molecule has 27 atom stereocenters. The van der Waals surface area contributed by atoms with Gasteiger partial charge in [-0.1, -0.05) is 192 Å². The van der Waals surface area contributed by atoms with E-state index in [0.717, 1.165) is 102 Å². The van der Waals surface area contributed by atoms with E-state index in [1.54, 1.807) is 5.57 Å². The highest BCUT2D eigenvalue weighted by molar-refractivity contribution is 6.56. The standard InChI is InChI=1S/C24H36Cl2O.C24H36O.2C11H18.C10H16Cl2/c1-14(11-21(25)26)17-5-6-18-16-12-20(27-4)24-13-15(24)7-10-23(24,3)19(16)8-9-22(17,18)2;1-5-6-16(2)20-9-10-21-19-8-7-17-15-18(25)11-13-23(17,3)22(19)12-14-24(20,21)4;2*1-4-6-9(2)11-8-5-7-10(11)3;1-7-4-3-5-9(7)8(2)6-10(11)12/h11,14-20H,5-10,12-13H2,1-4H3;7,16,18-22,25H,8-15H2,1-4H3;2*9-11H,5,7-8H2,1-3H3;6-9H,3-5H2,1-2H3/t14?,15?,16?,17-,18?,19?,20?,22-,23-,24?;16?,18-,19?,20+,21?,22?,23-,24+;2*9?,10-,11-;7-,8?,9+/m10111/s1. The number of hydrogen-bond donors (Lipinski definition) is 1. The number of hydrogen-bond acceptors (Lipinski definition) is 2. The lowest BCUT2D eigenvalue weighted by molar-refractivity contribution is -0.160. The van der Waals surface area contributed by atoms with Crippen molar-refractivity contribution in [2.45, 2.75) is 277 Å². The lowest BCUT2D eigenvalue weighted by Crippen LogP contribution is -2.57. The van der Waals surface area contributed by atoms with Gasteiger partial charge in [-0.15, -0.1) is 35.5 Å². The van der Waals surface area contributed by atoms with Crippen molar-refractivity contribution in [1.82, 2.24) is 0 Å². The second kappa shape index (κ2) is 29.9. The lowest BCUT2D eigenvalue weighted by atomic mass is 9.45. The van der Waals surface area contributed by atoms with Gasteiger partial charge in [0.15, 0.2) is 0 Å². The Morgan fingerprint density at radius 2 is 1.06 bits per heavy atom. The molecule has 1 spiro atoms. The monoisotopic (exact) mass is 1260 g/mol. The van der Waals surface area contributed by atoms with Crippen molar-refractivity contribution < 1.29 is 9.84 Å². The maximum absolute atomic E-state index is 10.1. The molecule has 11 fully saturated rings. The van der Waals surface area contributed by atoms with Gasteiger partial charge in [0.05, 0.1) is 12.2 Å². The van der Waals surface area contributed by atoms with Crippen molar-refractivity contribution in [2.75, 3.05) is 7.11 Å². The Balaban J connectivity index is 0.000000149. The largest absolute Gasteiger partial charge is 0.393 e. The Labute approximate surface area is 550 Å². The molecule has 484 valence electrons. The molecule has 0 heterocycles. The summed E-state index contributed by atoms with van der Waals surface area (Å²) < 4.78 is 7.09. The zero-order valence-electron chi connectivity index (χ0n) is 57.5. The van der Waals surface area contributed by atoms with E-state index in [2.05, 4.69) is 131 Å². The van der Waals surface area contributed by atoms with Crippen LogP contribution in [0.5, 0.6) is 0 Å². The summed E-state index contributed by atoms with van der Waals surface area (Å²) in [6.07, 6.45) is 40.8. The van der Waals surface area contributed by atoms with Gasteiger partial charge in [-0.3, -0.25) is 0 Å². The quantitative estimate of drug-likeness (QED) is 0.194. The molecular formula is C80H124Cl4O2. The maximum atomic E-state index is 10.1. The van der Waals surface area contributed by atoms with Crippen LogP contribution >= 0.6 is 46.4 Å². The third kappa shape index (κ3) is 14.4. The summed E-state index contributed by atoms with van der Waals surface area (Å²) in [6, 6.07) is 0. The summed E-state index contributed by atoms with van der Waals surface area (Å²) >= 11 is 23.3. The van der Waals surface area contributed by atoms with Gasteiger partial charge in [-0.25, -0.2) is 0 Å². The van der Waals surface area contributed by atoms with E-state index in [1.165, 1.54) is 148 Å². The normalized spacial score (nSPS) is 45.0. The van der Waals surface area contributed by atoms with Crippen LogP contribution in [0.4, 0.5) is 0 Å². The molecule has 0 aromatic rings. The predicted molar refractivity (Wildman–Crippen MR) is 370 cm³/mol. The summed E-state index contributed by atoms with van der Waals surface area (Å²) in [4.78, 5) is 0. The minimum atomic E-state index is -0.0888. The molecule has 2 nitrogen and oxygen atoms in total. The van der Waals surface area contributed by atoms with Crippen molar-refractivity contribution in [3.8, 4) is 35.5 Å². The van der Waals surface area contributed by atoms with E-state index in [-0.39, 0.29) is 6.10 Å². The number of halogens is 4. The Bertz CT molecular complexity index is 2500. The fraction of sp³-hybridized carbons (Fsp3) is 0.850. The molecule has 12 rings (SSSR count). The van der Waals surface area contributed by atoms with Crippen LogP contribution in [0.1, 0.15) is 264 Å². The molecule has 11 saturated carbocycles. The Morgan fingerprint density at radius 1 is 0.558 bits per heavy atom. The van der Waals surface area contributed by atoms with Gasteiger partial charge < -0.3 is 9.84 Å². The van der Waals surface area contributed by atoms with Gasteiger partial charge >= 0.3 is 0 Å². The first-order valence-corrected chi connectivity index (χ1v) is 37.5. The van der Waals surface area contributed by atoms with Crippen LogP contribution in [-0.2, 0) is 4.74 Å². The van der Waals surface area contributed by atoms with E-state index >= 15 is 0 Å². The molecule has 0 aromatic carbocycles. The van der Waals surface area contributed by atoms with Crippen LogP contribution in [0.3, 0.4) is 0 Å². The number of allylic oxidation sites excluding steroid dienone is 3. The second-order valence-corrected chi connectivity index (χ2v) is 34.8. The van der Waals surface area contributed by atoms with E-state index in [0.29, 0.717) is 71.8 Å². The molecule has 12 aliphatic rings. The summed E-state index contributed by atoms with van der Waals surface area (Å²) in [5.41, 5.74) is 3.98. The second-order valence-electron chi connectivity index (χ2n) is 32.7. The zero-order chi connectivity index (χ0) is 62.7. The van der Waals surface area contributed by atoms with Crippen LogP contribution < -0.4 is 0 Å². The number of aliphatic hydroxyl groups is 1. The lowest BCUT2D eigenvalue weighted by Gasteiger charge is -2.61. The highest BCUT2D eigenvalue weighted by atomic mass is 35.5. The summed E-state index contributed by atoms with van der Waals surface area (Å²) in [7, 11) is 1.99. The molecule has 14 unspecified atom stereocenters. The molecule has 0 amide bonds. The molecular weight excluding hydrogens is 1130 g/mol. The Morgan fingerprint density at radius 3 is 1.57 bits per heavy atom. The maximum Gasteiger partial charge on any atom is 0.103 e. The van der Waals surface area contributed by atoms with E-state index in [4.69, 9.17) is 51.1 Å². The van der Waals surface area contributed by atoms with Crippen LogP contribution in [0, 0.1) is 181 Å². The summed E-state index contributed by atoms with van der Waals surface area (Å²) in [5.74, 6) is 35.0. The molecule has 86 heavy (non-hydrogen) atoms. The van der Waals surface area contributed by atoms with E-state index in [9.17, 15) is 5.11 Å². The number of ether oxygens (including phenoxy) is 1. The smallest absolute Gasteiger partial charge is 0.103 e. The molecule has 12 aliphatic carbocycles. The number of aliphatic hydroxyl groups excluding tert-OH is 1. The topological polar surface area (TPSA) is 29.5 Å². The van der Waals surface area contributed by atoms with Gasteiger partial charge in [-0.05, 0) is 265 Å². The van der Waals surface area contributed by atoms with Crippen molar-refractivity contribution in [3.63, 3.8) is 0 Å². The van der Waals surface area contributed by atoms with Crippen LogP contribution in [-0.4, -0.2) is 24.4 Å². The Kier molecular flexibility index (Phi) is 24.7. The first-order valence-electron chi connectivity index (χ1n) is 36.0. The SMILES string of the molecule is CC#CC(C)[C@H]1CCC2C3CC=C4C[C@@H](O)CC[C@]4(C)C3CC[C@@]21C.CC#CC(C)[C@H]1CCC[C@H]1C.CC#CC(C)[C@H]1CCC[C@H]1C.CC(C=C(Cl)Cl)[C@H]1CCC[C@H]1C.COC1CC2C3CC[C@H](C(C)C=C(Cl)Cl)[C@@]3(C)CCC2[C@@]2(C)CCC3CC312. The molecule has 6 heteroatoms. The molecule has 0 bridgehead atoms. The highest BCUT2D eigenvalue weighted by Gasteiger charge is 2.77. The predicted octanol–water partition coefficient (Wildman–Crippen LogP) is 23.4. The number of rotatable bonds is 8.